The highest BCUT2D eigenvalue weighted by atomic mass is 16.6. The Hall–Kier alpha value is -2.12. The summed E-state index contributed by atoms with van der Waals surface area (Å²) in [7, 11) is 1.50. The third-order valence-electron chi connectivity index (χ3n) is 7.60. The van der Waals surface area contributed by atoms with Crippen molar-refractivity contribution in [3.8, 4) is 5.75 Å². The highest BCUT2D eigenvalue weighted by Crippen LogP contribution is 2.49. The van der Waals surface area contributed by atoms with E-state index in [9.17, 15) is 14.7 Å². The van der Waals surface area contributed by atoms with Crippen molar-refractivity contribution >= 4 is 11.9 Å². The Labute approximate surface area is 202 Å². The predicted molar refractivity (Wildman–Crippen MR) is 128 cm³/mol. The van der Waals surface area contributed by atoms with Gasteiger partial charge in [0.15, 0.2) is 12.7 Å². The minimum atomic E-state index is -0.996. The molecule has 1 aromatic carbocycles. The Bertz CT molecular complexity index is 823. The number of hydrogen-bond donors (Lipinski definition) is 2. The lowest BCUT2D eigenvalue weighted by atomic mass is 9.73. The number of fused-ring (bicyclic) bond motifs is 2. The van der Waals surface area contributed by atoms with Crippen LogP contribution < -0.4 is 4.74 Å². The second kappa shape index (κ2) is 12.5. The number of benzene rings is 1. The number of carbonyl (C=O) groups excluding carboxylic acids is 1. The first-order valence-corrected chi connectivity index (χ1v) is 12.7. The van der Waals surface area contributed by atoms with Crippen LogP contribution in [0.4, 0.5) is 0 Å². The molecule has 2 aliphatic rings. The number of carboxylic acid groups (broad SMARTS) is 1. The first kappa shape index (κ1) is 26.5. The van der Waals surface area contributed by atoms with Crippen molar-refractivity contribution in [2.75, 3.05) is 13.7 Å². The van der Waals surface area contributed by atoms with Crippen molar-refractivity contribution in [3.63, 3.8) is 0 Å². The fourth-order valence-corrected chi connectivity index (χ4v) is 5.69. The van der Waals surface area contributed by atoms with Crippen molar-refractivity contribution < 1.29 is 34.0 Å². The van der Waals surface area contributed by atoms with E-state index in [1.807, 2.05) is 12.1 Å². The normalized spacial score (nSPS) is 25.2. The predicted octanol–water partition coefficient (Wildman–Crippen LogP) is 4.17. The Balaban J connectivity index is 1.74. The molecule has 2 aliphatic carbocycles. The summed E-state index contributed by atoms with van der Waals surface area (Å²) < 4.78 is 16.7. The largest absolute Gasteiger partial charge is 0.482 e. The molecular weight excluding hydrogens is 436 g/mol. The van der Waals surface area contributed by atoms with Crippen molar-refractivity contribution in [1.29, 1.82) is 0 Å². The average Bonchev–Trinajstić information content (AvgIpc) is 3.15. The summed E-state index contributed by atoms with van der Waals surface area (Å²) in [6.07, 6.45) is 6.86. The third kappa shape index (κ3) is 6.72. The summed E-state index contributed by atoms with van der Waals surface area (Å²) in [5, 5.41) is 19.5. The molecule has 0 unspecified atom stereocenters. The van der Waals surface area contributed by atoms with Crippen LogP contribution in [0.15, 0.2) is 18.2 Å². The van der Waals surface area contributed by atoms with Gasteiger partial charge in [0.25, 0.3) is 0 Å². The zero-order chi connectivity index (χ0) is 24.7. The first-order chi connectivity index (χ1) is 16.3. The molecule has 7 heteroatoms. The average molecular weight is 477 g/mol. The van der Waals surface area contributed by atoms with Crippen LogP contribution in [0.3, 0.4) is 0 Å². The maximum Gasteiger partial charge on any atom is 0.341 e. The van der Waals surface area contributed by atoms with E-state index in [1.54, 1.807) is 6.92 Å². The summed E-state index contributed by atoms with van der Waals surface area (Å²) >= 11 is 0. The van der Waals surface area contributed by atoms with E-state index in [-0.39, 0.29) is 30.7 Å². The smallest absolute Gasteiger partial charge is 0.341 e. The number of aliphatic hydroxyl groups is 1. The standard InChI is InChI=1S/C27H40O7/c1-4-5-6-9-20(28)11-12-21-22-13-18-8-7-10-24(33-16-26(29)30)23(18)14-19(22)15-25(21)34-27(31)17(2)32-3/h7-8,10,17,19-22,25,28H,4-6,9,11-16H2,1-3H3,(H,29,30)/t17-,19+,20+,21-,22+,25-/m1/s1. The summed E-state index contributed by atoms with van der Waals surface area (Å²) in [6, 6.07) is 5.83. The molecule has 0 bridgehead atoms. The molecule has 6 atom stereocenters. The molecular formula is C27H40O7. The van der Waals surface area contributed by atoms with Crippen LogP contribution in [0.1, 0.15) is 69.9 Å². The molecule has 0 radical (unpaired) electrons. The zero-order valence-electron chi connectivity index (χ0n) is 20.7. The Morgan fingerprint density at radius 1 is 1.18 bits per heavy atom. The minimum Gasteiger partial charge on any atom is -0.482 e. The van der Waals surface area contributed by atoms with Gasteiger partial charge in [0.2, 0.25) is 0 Å². The van der Waals surface area contributed by atoms with Gasteiger partial charge >= 0.3 is 11.9 Å². The molecule has 3 rings (SSSR count). The molecule has 1 saturated carbocycles. The van der Waals surface area contributed by atoms with Gasteiger partial charge in [-0.25, -0.2) is 9.59 Å². The number of carboxylic acids is 1. The van der Waals surface area contributed by atoms with E-state index in [2.05, 4.69) is 13.0 Å². The highest BCUT2D eigenvalue weighted by molar-refractivity contribution is 5.74. The maximum atomic E-state index is 12.5. The monoisotopic (exact) mass is 476 g/mol. The molecule has 0 spiro atoms. The van der Waals surface area contributed by atoms with Gasteiger partial charge in [-0.05, 0) is 80.4 Å². The third-order valence-corrected chi connectivity index (χ3v) is 7.60. The first-order valence-electron chi connectivity index (χ1n) is 12.7. The molecule has 1 aromatic rings. The maximum absolute atomic E-state index is 12.5. The lowest BCUT2D eigenvalue weighted by Gasteiger charge is -2.32. The second-order valence-corrected chi connectivity index (χ2v) is 9.89. The summed E-state index contributed by atoms with van der Waals surface area (Å²) in [5.74, 6) is 0.137. The van der Waals surface area contributed by atoms with E-state index in [0.717, 1.165) is 56.9 Å². The molecule has 34 heavy (non-hydrogen) atoms. The van der Waals surface area contributed by atoms with Crippen LogP contribution >= 0.6 is 0 Å². The van der Waals surface area contributed by atoms with Crippen LogP contribution in [-0.2, 0) is 31.9 Å². The molecule has 1 fully saturated rings. The highest BCUT2D eigenvalue weighted by Gasteiger charge is 2.47. The zero-order valence-corrected chi connectivity index (χ0v) is 20.7. The molecule has 2 N–H and O–H groups in total. The number of aliphatic carboxylic acids is 1. The topological polar surface area (TPSA) is 102 Å². The van der Waals surface area contributed by atoms with Gasteiger partial charge in [-0.15, -0.1) is 0 Å². The molecule has 0 amide bonds. The summed E-state index contributed by atoms with van der Waals surface area (Å²) in [6.45, 7) is 3.49. The van der Waals surface area contributed by atoms with E-state index >= 15 is 0 Å². The van der Waals surface area contributed by atoms with Crippen molar-refractivity contribution in [1.82, 2.24) is 0 Å². The van der Waals surface area contributed by atoms with Gasteiger partial charge in [-0.3, -0.25) is 0 Å². The number of rotatable bonds is 13. The van der Waals surface area contributed by atoms with E-state index in [1.165, 1.54) is 12.7 Å². The van der Waals surface area contributed by atoms with Gasteiger partial charge in [-0.1, -0.05) is 38.3 Å². The number of unbranched alkanes of at least 4 members (excludes halogenated alkanes) is 2. The summed E-state index contributed by atoms with van der Waals surface area (Å²) in [5.41, 5.74) is 2.25. The molecule has 190 valence electrons. The Morgan fingerprint density at radius 3 is 2.68 bits per heavy atom. The summed E-state index contributed by atoms with van der Waals surface area (Å²) in [4.78, 5) is 23.5. The van der Waals surface area contributed by atoms with E-state index < -0.39 is 12.1 Å². The fourth-order valence-electron chi connectivity index (χ4n) is 5.69. The number of aliphatic hydroxyl groups excluding tert-OH is 1. The Kier molecular flexibility index (Phi) is 9.77. The SMILES string of the molecule is CCCCC[C@H](O)CC[C@@H]1[C@H]2Cc3cccc(OCC(=O)O)c3C[C@H]2C[C@H]1OC(=O)[C@@H](C)OC. The van der Waals surface area contributed by atoms with Crippen molar-refractivity contribution in [2.24, 2.45) is 17.8 Å². The molecule has 0 heterocycles. The quantitative estimate of drug-likeness (QED) is 0.325. The van der Waals surface area contributed by atoms with Gasteiger partial charge in [-0.2, -0.15) is 0 Å². The molecule has 0 aromatic heterocycles. The molecule has 7 nitrogen and oxygen atoms in total. The number of ether oxygens (including phenoxy) is 3. The lowest BCUT2D eigenvalue weighted by Crippen LogP contribution is -2.32. The molecule has 0 aliphatic heterocycles. The van der Waals surface area contributed by atoms with E-state index in [0.29, 0.717) is 24.0 Å². The Morgan fingerprint density at radius 2 is 1.97 bits per heavy atom. The van der Waals surface area contributed by atoms with Crippen LogP contribution in [0.2, 0.25) is 0 Å². The van der Waals surface area contributed by atoms with Gasteiger partial charge in [0.05, 0.1) is 6.10 Å². The van der Waals surface area contributed by atoms with Crippen molar-refractivity contribution in [3.05, 3.63) is 29.3 Å². The molecule has 0 saturated heterocycles. The van der Waals surface area contributed by atoms with Crippen LogP contribution in [-0.4, -0.2) is 54.2 Å². The minimum absolute atomic E-state index is 0.176. The lowest BCUT2D eigenvalue weighted by molar-refractivity contribution is -0.162. The number of esters is 1. The van der Waals surface area contributed by atoms with Gasteiger partial charge in [0, 0.05) is 7.11 Å². The number of methoxy groups -OCH3 is 1. The van der Waals surface area contributed by atoms with Crippen LogP contribution in [0.5, 0.6) is 5.75 Å². The van der Waals surface area contributed by atoms with Gasteiger partial charge < -0.3 is 24.4 Å². The second-order valence-electron chi connectivity index (χ2n) is 9.89. The number of carbonyl (C=O) groups is 2. The van der Waals surface area contributed by atoms with Crippen molar-refractivity contribution in [2.45, 2.75) is 89.9 Å². The number of hydrogen-bond acceptors (Lipinski definition) is 6. The van der Waals surface area contributed by atoms with Gasteiger partial charge in [0.1, 0.15) is 11.9 Å². The van der Waals surface area contributed by atoms with E-state index in [4.69, 9.17) is 19.3 Å². The van der Waals surface area contributed by atoms with Crippen LogP contribution in [0.25, 0.3) is 0 Å². The van der Waals surface area contributed by atoms with Crippen LogP contribution in [0, 0.1) is 17.8 Å². The fraction of sp³-hybridized carbons (Fsp3) is 0.704.